The third-order valence-electron chi connectivity index (χ3n) is 1.97. The Morgan fingerprint density at radius 1 is 1.59 bits per heavy atom. The van der Waals surface area contributed by atoms with Gasteiger partial charge in [-0.05, 0) is 12.8 Å². The van der Waals surface area contributed by atoms with E-state index in [2.05, 4.69) is 15.3 Å². The van der Waals surface area contributed by atoms with Crippen LogP contribution < -0.4 is 15.8 Å². The van der Waals surface area contributed by atoms with Crippen LogP contribution in [0.25, 0.3) is 0 Å². The second-order valence-corrected chi connectivity index (χ2v) is 3.56. The van der Waals surface area contributed by atoms with E-state index in [1.54, 1.807) is 12.3 Å². The molecule has 0 aliphatic heterocycles. The molecule has 1 aromatic rings. The van der Waals surface area contributed by atoms with Crippen LogP contribution in [0.5, 0.6) is 5.88 Å². The minimum absolute atomic E-state index is 0.298. The first-order valence-electron chi connectivity index (χ1n) is 5.70. The first-order chi connectivity index (χ1) is 8.22. The minimum Gasteiger partial charge on any atom is -0.478 e. The summed E-state index contributed by atoms with van der Waals surface area (Å²) < 4.78 is 5.38. The third kappa shape index (κ3) is 5.70. The first kappa shape index (κ1) is 13.2. The number of aromatic nitrogens is 2. The van der Waals surface area contributed by atoms with Gasteiger partial charge in [-0.3, -0.25) is 4.79 Å². The van der Waals surface area contributed by atoms with Gasteiger partial charge in [-0.2, -0.15) is 4.98 Å². The van der Waals surface area contributed by atoms with Crippen LogP contribution in [0.1, 0.15) is 26.2 Å². The van der Waals surface area contributed by atoms with E-state index in [9.17, 15) is 4.79 Å². The lowest BCUT2D eigenvalue weighted by Crippen LogP contribution is -2.13. The number of carbonyl (C=O) groups is 1. The number of anilines is 1. The Kier molecular flexibility index (Phi) is 5.77. The summed E-state index contributed by atoms with van der Waals surface area (Å²) in [6, 6.07) is 1.71. The Balaban J connectivity index is 2.34. The van der Waals surface area contributed by atoms with E-state index in [1.807, 2.05) is 6.92 Å². The van der Waals surface area contributed by atoms with Crippen LogP contribution in [-0.4, -0.2) is 29.0 Å². The first-order valence-corrected chi connectivity index (χ1v) is 5.70. The summed E-state index contributed by atoms with van der Waals surface area (Å²) in [7, 11) is 0. The van der Waals surface area contributed by atoms with Crippen LogP contribution in [0.15, 0.2) is 12.3 Å². The number of primary amides is 1. The molecule has 94 valence electrons. The van der Waals surface area contributed by atoms with Gasteiger partial charge in [0, 0.05) is 25.2 Å². The predicted octanol–water partition coefficient (Wildman–Crippen LogP) is 0.943. The molecule has 0 unspecified atom stereocenters. The molecule has 0 atom stereocenters. The fourth-order valence-electron chi connectivity index (χ4n) is 1.18. The van der Waals surface area contributed by atoms with Crippen LogP contribution in [0.2, 0.25) is 0 Å². The number of hydrogen-bond donors (Lipinski definition) is 2. The zero-order chi connectivity index (χ0) is 12.5. The van der Waals surface area contributed by atoms with Crippen molar-refractivity contribution in [2.45, 2.75) is 26.2 Å². The molecule has 0 fully saturated rings. The van der Waals surface area contributed by atoms with Crippen molar-refractivity contribution in [3.05, 3.63) is 12.3 Å². The Bertz CT molecular complexity index is 357. The van der Waals surface area contributed by atoms with Gasteiger partial charge in [0.25, 0.3) is 0 Å². The molecule has 1 rings (SSSR count). The van der Waals surface area contributed by atoms with Gasteiger partial charge >= 0.3 is 0 Å². The Labute approximate surface area is 101 Å². The van der Waals surface area contributed by atoms with Gasteiger partial charge in [-0.1, -0.05) is 6.92 Å². The summed E-state index contributed by atoms with van der Waals surface area (Å²) in [4.78, 5) is 18.7. The van der Waals surface area contributed by atoms with Crippen molar-refractivity contribution in [3.8, 4) is 5.88 Å². The standard InChI is InChI=1S/C11H18N4O2/c1-2-8-17-10-5-7-14-11(15-10)13-6-3-4-9(12)16/h5,7H,2-4,6,8H2,1H3,(H2,12,16)(H,13,14,15). The second kappa shape index (κ2) is 7.43. The largest absolute Gasteiger partial charge is 0.478 e. The zero-order valence-corrected chi connectivity index (χ0v) is 9.98. The molecule has 3 N–H and O–H groups in total. The number of hydrogen-bond acceptors (Lipinski definition) is 5. The number of carbonyl (C=O) groups excluding carboxylic acids is 1. The van der Waals surface area contributed by atoms with Crippen molar-refractivity contribution in [2.24, 2.45) is 5.73 Å². The zero-order valence-electron chi connectivity index (χ0n) is 9.98. The van der Waals surface area contributed by atoms with Crippen LogP contribution in [0.3, 0.4) is 0 Å². The van der Waals surface area contributed by atoms with Gasteiger partial charge < -0.3 is 15.8 Å². The number of ether oxygens (including phenoxy) is 1. The van der Waals surface area contributed by atoms with Gasteiger partial charge in [0.05, 0.1) is 6.61 Å². The molecule has 0 radical (unpaired) electrons. The topological polar surface area (TPSA) is 90.1 Å². The van der Waals surface area contributed by atoms with Gasteiger partial charge in [0.2, 0.25) is 17.7 Å². The summed E-state index contributed by atoms with van der Waals surface area (Å²) in [5.41, 5.74) is 5.03. The van der Waals surface area contributed by atoms with E-state index in [0.717, 1.165) is 6.42 Å². The highest BCUT2D eigenvalue weighted by atomic mass is 16.5. The van der Waals surface area contributed by atoms with Crippen molar-refractivity contribution in [2.75, 3.05) is 18.5 Å². The minimum atomic E-state index is -0.298. The molecule has 0 aromatic carbocycles. The maximum atomic E-state index is 10.5. The Hall–Kier alpha value is -1.85. The molecule has 1 amide bonds. The molecule has 0 saturated heterocycles. The van der Waals surface area contributed by atoms with Crippen molar-refractivity contribution < 1.29 is 9.53 Å². The number of amides is 1. The fourth-order valence-corrected chi connectivity index (χ4v) is 1.18. The Morgan fingerprint density at radius 3 is 3.12 bits per heavy atom. The van der Waals surface area contributed by atoms with Gasteiger partial charge in [0.1, 0.15) is 0 Å². The molecule has 17 heavy (non-hydrogen) atoms. The highest BCUT2D eigenvalue weighted by molar-refractivity contribution is 5.73. The lowest BCUT2D eigenvalue weighted by Gasteiger charge is -2.06. The van der Waals surface area contributed by atoms with E-state index < -0.39 is 0 Å². The lowest BCUT2D eigenvalue weighted by molar-refractivity contribution is -0.118. The molecule has 6 heteroatoms. The third-order valence-corrected chi connectivity index (χ3v) is 1.97. The molecule has 0 bridgehead atoms. The number of nitrogens with two attached hydrogens (primary N) is 1. The summed E-state index contributed by atoms with van der Waals surface area (Å²) in [5, 5.41) is 3.01. The summed E-state index contributed by atoms with van der Waals surface area (Å²) >= 11 is 0. The van der Waals surface area contributed by atoms with Crippen molar-refractivity contribution in [3.63, 3.8) is 0 Å². The molecule has 0 aliphatic carbocycles. The van der Waals surface area contributed by atoms with Gasteiger partial charge in [0.15, 0.2) is 0 Å². The average Bonchev–Trinajstić information content (AvgIpc) is 2.32. The lowest BCUT2D eigenvalue weighted by atomic mass is 10.3. The molecular formula is C11H18N4O2. The van der Waals surface area contributed by atoms with E-state index >= 15 is 0 Å². The predicted molar refractivity (Wildman–Crippen MR) is 64.7 cm³/mol. The molecule has 0 aliphatic rings. The van der Waals surface area contributed by atoms with Crippen molar-refractivity contribution >= 4 is 11.9 Å². The van der Waals surface area contributed by atoms with Gasteiger partial charge in [-0.25, -0.2) is 4.98 Å². The van der Waals surface area contributed by atoms with Crippen LogP contribution in [-0.2, 0) is 4.79 Å². The molecule has 1 heterocycles. The maximum Gasteiger partial charge on any atom is 0.225 e. The SMILES string of the molecule is CCCOc1ccnc(NCCCC(N)=O)n1. The quantitative estimate of drug-likeness (QED) is 0.658. The van der Waals surface area contributed by atoms with Crippen LogP contribution in [0, 0.1) is 0 Å². The molecule has 0 spiro atoms. The highest BCUT2D eigenvalue weighted by Gasteiger charge is 2.00. The number of rotatable bonds is 8. The second-order valence-electron chi connectivity index (χ2n) is 3.56. The summed E-state index contributed by atoms with van der Waals surface area (Å²) in [6.45, 7) is 3.28. The monoisotopic (exact) mass is 238 g/mol. The smallest absolute Gasteiger partial charge is 0.225 e. The average molecular weight is 238 g/mol. The van der Waals surface area contributed by atoms with E-state index in [4.69, 9.17) is 10.5 Å². The fraction of sp³-hybridized carbons (Fsp3) is 0.545. The highest BCUT2D eigenvalue weighted by Crippen LogP contribution is 2.08. The summed E-state index contributed by atoms with van der Waals surface area (Å²) in [6.07, 6.45) is 3.59. The normalized spacial score (nSPS) is 9.94. The molecular weight excluding hydrogens is 220 g/mol. The Morgan fingerprint density at radius 2 is 2.41 bits per heavy atom. The number of nitrogens with zero attached hydrogens (tertiary/aromatic N) is 2. The van der Waals surface area contributed by atoms with E-state index in [0.29, 0.717) is 37.8 Å². The molecule has 6 nitrogen and oxygen atoms in total. The summed E-state index contributed by atoms with van der Waals surface area (Å²) in [5.74, 6) is 0.759. The van der Waals surface area contributed by atoms with E-state index in [-0.39, 0.29) is 5.91 Å². The molecule has 1 aromatic heterocycles. The maximum absolute atomic E-state index is 10.5. The molecule has 0 saturated carbocycles. The van der Waals surface area contributed by atoms with Crippen molar-refractivity contribution in [1.82, 2.24) is 9.97 Å². The van der Waals surface area contributed by atoms with Crippen molar-refractivity contribution in [1.29, 1.82) is 0 Å². The number of nitrogens with one attached hydrogen (secondary N) is 1. The van der Waals surface area contributed by atoms with Crippen LogP contribution in [0.4, 0.5) is 5.95 Å². The van der Waals surface area contributed by atoms with E-state index in [1.165, 1.54) is 0 Å². The van der Waals surface area contributed by atoms with Crippen LogP contribution >= 0.6 is 0 Å². The van der Waals surface area contributed by atoms with Gasteiger partial charge in [-0.15, -0.1) is 0 Å².